The van der Waals surface area contributed by atoms with Gasteiger partial charge in [0.05, 0.1) is 6.54 Å². The van der Waals surface area contributed by atoms with Crippen LogP contribution in [0.2, 0.25) is 0 Å². The molecule has 1 amide bonds. The van der Waals surface area contributed by atoms with E-state index in [1.54, 1.807) is 4.68 Å². The van der Waals surface area contributed by atoms with E-state index in [2.05, 4.69) is 34.3 Å². The van der Waals surface area contributed by atoms with Crippen molar-refractivity contribution in [3.05, 3.63) is 72.3 Å². The lowest BCUT2D eigenvalue weighted by atomic mass is 10.0. The zero-order valence-corrected chi connectivity index (χ0v) is 11.3. The summed E-state index contributed by atoms with van der Waals surface area (Å²) in [7, 11) is 0. The summed E-state index contributed by atoms with van der Waals surface area (Å²) < 4.78 is 1.59. The number of amides is 1. The minimum atomic E-state index is -0.617. The highest BCUT2D eigenvalue weighted by Gasteiger charge is 2.06. The monoisotopic (exact) mass is 278 g/mol. The van der Waals surface area contributed by atoms with Crippen LogP contribution in [0.3, 0.4) is 0 Å². The summed E-state index contributed by atoms with van der Waals surface area (Å²) in [5, 5.41) is 4.02. The van der Waals surface area contributed by atoms with E-state index in [0.29, 0.717) is 6.54 Å². The molecule has 0 aliphatic carbocycles. The number of benzene rings is 2. The molecule has 0 radical (unpaired) electrons. The van der Waals surface area contributed by atoms with E-state index >= 15 is 0 Å². The van der Waals surface area contributed by atoms with E-state index in [9.17, 15) is 4.79 Å². The molecule has 5 heteroatoms. The van der Waals surface area contributed by atoms with Gasteiger partial charge in [-0.1, -0.05) is 54.6 Å². The normalized spacial score (nSPS) is 10.5. The Morgan fingerprint density at radius 3 is 2.29 bits per heavy atom. The van der Waals surface area contributed by atoms with Gasteiger partial charge in [0.2, 0.25) is 5.82 Å². The van der Waals surface area contributed by atoms with E-state index in [-0.39, 0.29) is 5.82 Å². The largest absolute Gasteiger partial charge is 0.363 e. The Kier molecular flexibility index (Phi) is 3.47. The summed E-state index contributed by atoms with van der Waals surface area (Å²) in [6, 6.07) is 18.4. The van der Waals surface area contributed by atoms with Crippen molar-refractivity contribution in [2.45, 2.75) is 6.54 Å². The summed E-state index contributed by atoms with van der Waals surface area (Å²) in [6.45, 7) is 0.551. The van der Waals surface area contributed by atoms with Crippen LogP contribution in [0.4, 0.5) is 0 Å². The number of hydrogen-bond donors (Lipinski definition) is 1. The second-order valence-corrected chi connectivity index (χ2v) is 4.69. The second-order valence-electron chi connectivity index (χ2n) is 4.69. The smallest absolute Gasteiger partial charge is 0.288 e. The van der Waals surface area contributed by atoms with Gasteiger partial charge in [-0.05, 0) is 16.7 Å². The first kappa shape index (κ1) is 13.1. The number of carbonyl (C=O) groups is 1. The number of nitrogens with two attached hydrogens (primary N) is 1. The van der Waals surface area contributed by atoms with E-state index in [4.69, 9.17) is 5.73 Å². The number of rotatable bonds is 4. The molecule has 0 aliphatic heterocycles. The van der Waals surface area contributed by atoms with Crippen LogP contribution in [-0.4, -0.2) is 20.7 Å². The summed E-state index contributed by atoms with van der Waals surface area (Å²) in [4.78, 5) is 14.8. The maximum Gasteiger partial charge on any atom is 0.288 e. The molecule has 2 N–H and O–H groups in total. The highest BCUT2D eigenvalue weighted by molar-refractivity contribution is 5.88. The van der Waals surface area contributed by atoms with E-state index in [1.807, 2.05) is 30.3 Å². The highest BCUT2D eigenvalue weighted by Crippen LogP contribution is 2.19. The molecular weight excluding hydrogens is 264 g/mol. The van der Waals surface area contributed by atoms with Crippen molar-refractivity contribution in [1.29, 1.82) is 0 Å². The van der Waals surface area contributed by atoms with Gasteiger partial charge in [0.25, 0.3) is 5.91 Å². The Hall–Kier alpha value is -2.95. The van der Waals surface area contributed by atoms with Crippen LogP contribution in [-0.2, 0) is 6.54 Å². The van der Waals surface area contributed by atoms with Crippen LogP contribution in [0, 0.1) is 0 Å². The highest BCUT2D eigenvalue weighted by atomic mass is 16.1. The fourth-order valence-electron chi connectivity index (χ4n) is 2.10. The van der Waals surface area contributed by atoms with Crippen LogP contribution in [0.5, 0.6) is 0 Å². The second kappa shape index (κ2) is 5.58. The molecule has 0 fully saturated rings. The third-order valence-electron chi connectivity index (χ3n) is 3.16. The Balaban J connectivity index is 1.76. The average molecular weight is 278 g/mol. The third kappa shape index (κ3) is 2.97. The molecule has 2 aromatic carbocycles. The van der Waals surface area contributed by atoms with E-state index < -0.39 is 5.91 Å². The van der Waals surface area contributed by atoms with Crippen molar-refractivity contribution in [2.24, 2.45) is 5.73 Å². The van der Waals surface area contributed by atoms with Crippen molar-refractivity contribution in [2.75, 3.05) is 0 Å². The zero-order valence-electron chi connectivity index (χ0n) is 11.3. The standard InChI is InChI=1S/C16H14N4O/c17-15(21)16-18-11-20(19-16)10-12-6-8-14(9-7-12)13-4-2-1-3-5-13/h1-9,11H,10H2,(H2,17,21). The van der Waals surface area contributed by atoms with Gasteiger partial charge in [0.15, 0.2) is 0 Å². The lowest BCUT2D eigenvalue weighted by Crippen LogP contribution is -2.13. The minimum absolute atomic E-state index is 0.0379. The molecule has 3 aromatic rings. The average Bonchev–Trinajstić information content (AvgIpc) is 2.98. The maximum absolute atomic E-state index is 11.0. The number of aromatic nitrogens is 3. The predicted molar refractivity (Wildman–Crippen MR) is 79.5 cm³/mol. The Morgan fingerprint density at radius 2 is 1.67 bits per heavy atom. The predicted octanol–water partition coefficient (Wildman–Crippen LogP) is 2.09. The molecule has 0 bridgehead atoms. The molecule has 5 nitrogen and oxygen atoms in total. The molecule has 0 aliphatic rings. The molecule has 1 aromatic heterocycles. The van der Waals surface area contributed by atoms with Gasteiger partial charge in [-0.25, -0.2) is 9.67 Å². The van der Waals surface area contributed by atoms with Crippen LogP contribution >= 0.6 is 0 Å². The van der Waals surface area contributed by atoms with Crippen LogP contribution in [0.1, 0.15) is 16.2 Å². The molecule has 0 unspecified atom stereocenters. The minimum Gasteiger partial charge on any atom is -0.363 e. The number of primary amides is 1. The SMILES string of the molecule is NC(=O)c1ncn(Cc2ccc(-c3ccccc3)cc2)n1. The molecule has 0 saturated heterocycles. The lowest BCUT2D eigenvalue weighted by molar-refractivity contribution is 0.0990. The van der Waals surface area contributed by atoms with Gasteiger partial charge in [0, 0.05) is 0 Å². The van der Waals surface area contributed by atoms with Crippen LogP contribution in [0.25, 0.3) is 11.1 Å². The van der Waals surface area contributed by atoms with Crippen molar-refractivity contribution in [3.8, 4) is 11.1 Å². The molecule has 1 heterocycles. The number of nitrogens with zero attached hydrogens (tertiary/aromatic N) is 3. The molecule has 21 heavy (non-hydrogen) atoms. The van der Waals surface area contributed by atoms with Crippen LogP contribution in [0.15, 0.2) is 60.9 Å². The summed E-state index contributed by atoms with van der Waals surface area (Å²) in [5.41, 5.74) is 8.55. The fraction of sp³-hybridized carbons (Fsp3) is 0.0625. The fourth-order valence-corrected chi connectivity index (χ4v) is 2.10. The maximum atomic E-state index is 11.0. The van der Waals surface area contributed by atoms with Gasteiger partial charge >= 0.3 is 0 Å². The summed E-state index contributed by atoms with van der Waals surface area (Å²) in [6.07, 6.45) is 1.51. The van der Waals surface area contributed by atoms with Gasteiger partial charge in [0.1, 0.15) is 6.33 Å². The molecule has 104 valence electrons. The van der Waals surface area contributed by atoms with Crippen molar-refractivity contribution in [1.82, 2.24) is 14.8 Å². The topological polar surface area (TPSA) is 73.8 Å². The molecule has 3 rings (SSSR count). The van der Waals surface area contributed by atoms with Crippen molar-refractivity contribution >= 4 is 5.91 Å². The first-order chi connectivity index (χ1) is 10.2. The van der Waals surface area contributed by atoms with Gasteiger partial charge in [-0.15, -0.1) is 5.10 Å². The van der Waals surface area contributed by atoms with E-state index in [0.717, 1.165) is 11.1 Å². The summed E-state index contributed by atoms with van der Waals surface area (Å²) >= 11 is 0. The van der Waals surface area contributed by atoms with E-state index in [1.165, 1.54) is 11.9 Å². The summed E-state index contributed by atoms with van der Waals surface area (Å²) in [5.74, 6) is -0.580. The molecular formula is C16H14N4O. The van der Waals surface area contributed by atoms with Gasteiger partial charge < -0.3 is 5.73 Å². The lowest BCUT2D eigenvalue weighted by Gasteiger charge is -2.04. The molecule has 0 spiro atoms. The number of hydrogen-bond acceptors (Lipinski definition) is 3. The molecule has 0 saturated carbocycles. The zero-order chi connectivity index (χ0) is 14.7. The Bertz CT molecular complexity index is 747. The third-order valence-corrected chi connectivity index (χ3v) is 3.16. The van der Waals surface area contributed by atoms with Gasteiger partial charge in [-0.3, -0.25) is 4.79 Å². The Labute approximate surface area is 122 Å². The Morgan fingerprint density at radius 1 is 1.00 bits per heavy atom. The van der Waals surface area contributed by atoms with Crippen molar-refractivity contribution in [3.63, 3.8) is 0 Å². The number of carbonyl (C=O) groups excluding carboxylic acids is 1. The first-order valence-electron chi connectivity index (χ1n) is 6.56. The van der Waals surface area contributed by atoms with Crippen molar-refractivity contribution < 1.29 is 4.79 Å². The van der Waals surface area contributed by atoms with Crippen LogP contribution < -0.4 is 5.73 Å². The van der Waals surface area contributed by atoms with Gasteiger partial charge in [-0.2, -0.15) is 0 Å². The molecule has 0 atom stereocenters. The quantitative estimate of drug-likeness (QED) is 0.794. The first-order valence-corrected chi connectivity index (χ1v) is 6.56.